The second-order valence-electron chi connectivity index (χ2n) is 4.53. The molecule has 0 aliphatic heterocycles. The van der Waals surface area contributed by atoms with Crippen LogP contribution < -0.4 is 0 Å². The number of nitrogens with zero attached hydrogens (tertiary/aromatic N) is 1. The van der Waals surface area contributed by atoms with Crippen molar-refractivity contribution >= 4 is 10.9 Å². The number of rotatable bonds is 4. The summed E-state index contributed by atoms with van der Waals surface area (Å²) < 4.78 is 11.5. The SMILES string of the molecule is COC(OC)(c1ccccc1)c1cccc2[nH]ncc12. The Labute approximate surface area is 117 Å². The van der Waals surface area contributed by atoms with E-state index in [1.54, 1.807) is 20.4 Å². The van der Waals surface area contributed by atoms with Crippen molar-refractivity contribution in [1.29, 1.82) is 0 Å². The summed E-state index contributed by atoms with van der Waals surface area (Å²) in [7, 11) is 3.30. The number of benzene rings is 2. The Balaban J connectivity index is 2.28. The van der Waals surface area contributed by atoms with Gasteiger partial charge in [-0.05, 0) is 6.07 Å². The molecule has 3 rings (SSSR count). The first-order valence-electron chi connectivity index (χ1n) is 6.40. The maximum Gasteiger partial charge on any atom is 0.222 e. The van der Waals surface area contributed by atoms with Crippen molar-refractivity contribution in [3.63, 3.8) is 0 Å². The number of H-pyrrole nitrogens is 1. The lowest BCUT2D eigenvalue weighted by Gasteiger charge is -2.32. The number of nitrogens with one attached hydrogen (secondary N) is 1. The van der Waals surface area contributed by atoms with Gasteiger partial charge in [0.25, 0.3) is 0 Å². The van der Waals surface area contributed by atoms with E-state index in [4.69, 9.17) is 9.47 Å². The molecule has 0 saturated heterocycles. The monoisotopic (exact) mass is 268 g/mol. The molecule has 0 radical (unpaired) electrons. The fourth-order valence-corrected chi connectivity index (χ4v) is 2.61. The zero-order chi connectivity index (χ0) is 14.0. The molecule has 0 amide bonds. The average Bonchev–Trinajstić information content (AvgIpc) is 2.99. The summed E-state index contributed by atoms with van der Waals surface area (Å²) in [5, 5.41) is 8.06. The van der Waals surface area contributed by atoms with E-state index >= 15 is 0 Å². The van der Waals surface area contributed by atoms with Crippen LogP contribution in [0.5, 0.6) is 0 Å². The molecule has 0 aliphatic rings. The highest BCUT2D eigenvalue weighted by Gasteiger charge is 2.36. The Morgan fingerprint density at radius 3 is 2.40 bits per heavy atom. The number of aromatic amines is 1. The van der Waals surface area contributed by atoms with Crippen molar-refractivity contribution in [1.82, 2.24) is 10.2 Å². The lowest BCUT2D eigenvalue weighted by atomic mass is 9.94. The minimum atomic E-state index is -0.940. The van der Waals surface area contributed by atoms with E-state index in [2.05, 4.69) is 10.2 Å². The van der Waals surface area contributed by atoms with Crippen molar-refractivity contribution in [2.45, 2.75) is 5.79 Å². The largest absolute Gasteiger partial charge is 0.346 e. The number of aromatic nitrogens is 2. The summed E-state index contributed by atoms with van der Waals surface area (Å²) in [5.74, 6) is -0.940. The number of hydrogen-bond acceptors (Lipinski definition) is 3. The minimum Gasteiger partial charge on any atom is -0.346 e. The average molecular weight is 268 g/mol. The van der Waals surface area contributed by atoms with Gasteiger partial charge in [-0.25, -0.2) is 0 Å². The molecule has 4 nitrogen and oxygen atoms in total. The van der Waals surface area contributed by atoms with Crippen LogP contribution in [-0.4, -0.2) is 24.4 Å². The van der Waals surface area contributed by atoms with Gasteiger partial charge >= 0.3 is 0 Å². The number of fused-ring (bicyclic) bond motifs is 1. The second kappa shape index (κ2) is 5.07. The van der Waals surface area contributed by atoms with Crippen LogP contribution in [-0.2, 0) is 15.3 Å². The van der Waals surface area contributed by atoms with Crippen molar-refractivity contribution in [3.05, 3.63) is 65.9 Å². The van der Waals surface area contributed by atoms with Crippen molar-refractivity contribution < 1.29 is 9.47 Å². The third-order valence-electron chi connectivity index (χ3n) is 3.57. The van der Waals surface area contributed by atoms with Crippen LogP contribution in [0.2, 0.25) is 0 Å². The van der Waals surface area contributed by atoms with E-state index in [9.17, 15) is 0 Å². The highest BCUT2D eigenvalue weighted by Crippen LogP contribution is 2.37. The van der Waals surface area contributed by atoms with E-state index in [-0.39, 0.29) is 0 Å². The molecule has 0 bridgehead atoms. The summed E-state index contributed by atoms with van der Waals surface area (Å²) >= 11 is 0. The first kappa shape index (κ1) is 12.8. The maximum absolute atomic E-state index is 5.77. The van der Waals surface area contributed by atoms with Crippen LogP contribution in [0.25, 0.3) is 10.9 Å². The third-order valence-corrected chi connectivity index (χ3v) is 3.57. The molecule has 0 saturated carbocycles. The zero-order valence-electron chi connectivity index (χ0n) is 11.5. The van der Waals surface area contributed by atoms with Gasteiger partial charge in [0.15, 0.2) is 0 Å². The van der Waals surface area contributed by atoms with Crippen LogP contribution >= 0.6 is 0 Å². The molecule has 0 unspecified atom stereocenters. The molecule has 0 spiro atoms. The van der Waals surface area contributed by atoms with E-state index in [1.807, 2.05) is 48.5 Å². The molecule has 1 aromatic heterocycles. The van der Waals surface area contributed by atoms with Gasteiger partial charge in [-0.15, -0.1) is 0 Å². The van der Waals surface area contributed by atoms with Crippen molar-refractivity contribution in [3.8, 4) is 0 Å². The van der Waals surface area contributed by atoms with Crippen molar-refractivity contribution in [2.24, 2.45) is 0 Å². The molecule has 3 aromatic rings. The summed E-state index contributed by atoms with van der Waals surface area (Å²) in [6, 6.07) is 15.8. The van der Waals surface area contributed by atoms with Gasteiger partial charge in [-0.1, -0.05) is 42.5 Å². The fourth-order valence-electron chi connectivity index (χ4n) is 2.61. The van der Waals surface area contributed by atoms with Gasteiger partial charge in [0.2, 0.25) is 5.79 Å². The molecule has 2 aromatic carbocycles. The standard InChI is InChI=1S/C16H16N2O2/c1-19-16(20-2,12-7-4-3-5-8-12)14-9-6-10-15-13(14)11-17-18-15/h3-11H,1-2H3,(H,17,18). The number of methoxy groups -OCH3 is 2. The molecule has 0 aliphatic carbocycles. The molecule has 1 heterocycles. The molecule has 0 atom stereocenters. The number of hydrogen-bond donors (Lipinski definition) is 1. The Kier molecular flexibility index (Phi) is 3.26. The smallest absolute Gasteiger partial charge is 0.222 e. The van der Waals surface area contributed by atoms with E-state index in [0.29, 0.717) is 0 Å². The van der Waals surface area contributed by atoms with Crippen LogP contribution in [0.1, 0.15) is 11.1 Å². The van der Waals surface area contributed by atoms with Crippen LogP contribution in [0.4, 0.5) is 0 Å². The van der Waals surface area contributed by atoms with Gasteiger partial charge < -0.3 is 9.47 Å². The second-order valence-corrected chi connectivity index (χ2v) is 4.53. The first-order valence-corrected chi connectivity index (χ1v) is 6.40. The third kappa shape index (κ3) is 1.81. The van der Waals surface area contributed by atoms with Gasteiger partial charge in [0, 0.05) is 30.7 Å². The van der Waals surface area contributed by atoms with Gasteiger partial charge in [0.1, 0.15) is 0 Å². The predicted octanol–water partition coefficient (Wildman–Crippen LogP) is 3.06. The Bertz CT molecular complexity index is 703. The maximum atomic E-state index is 5.77. The molecular formula is C16H16N2O2. The van der Waals surface area contributed by atoms with Crippen LogP contribution in [0, 0.1) is 0 Å². The molecule has 0 fully saturated rings. The van der Waals surface area contributed by atoms with E-state index < -0.39 is 5.79 Å². The van der Waals surface area contributed by atoms with E-state index in [0.717, 1.165) is 22.0 Å². The lowest BCUT2D eigenvalue weighted by Crippen LogP contribution is -2.32. The molecule has 102 valence electrons. The summed E-state index contributed by atoms with van der Waals surface area (Å²) in [6.07, 6.45) is 1.79. The zero-order valence-corrected chi connectivity index (χ0v) is 11.5. The van der Waals surface area contributed by atoms with Gasteiger partial charge in [0.05, 0.1) is 11.7 Å². The molecule has 20 heavy (non-hydrogen) atoms. The highest BCUT2D eigenvalue weighted by molar-refractivity contribution is 5.82. The first-order chi connectivity index (χ1) is 9.81. The topological polar surface area (TPSA) is 47.1 Å². The Hall–Kier alpha value is -2.17. The fraction of sp³-hybridized carbons (Fsp3) is 0.188. The highest BCUT2D eigenvalue weighted by atomic mass is 16.7. The van der Waals surface area contributed by atoms with Crippen LogP contribution in [0.15, 0.2) is 54.7 Å². The Morgan fingerprint density at radius 2 is 1.70 bits per heavy atom. The normalized spacial score (nSPS) is 11.9. The van der Waals surface area contributed by atoms with Crippen molar-refractivity contribution in [2.75, 3.05) is 14.2 Å². The minimum absolute atomic E-state index is 0.931. The Morgan fingerprint density at radius 1 is 0.950 bits per heavy atom. The quantitative estimate of drug-likeness (QED) is 0.740. The van der Waals surface area contributed by atoms with Crippen LogP contribution in [0.3, 0.4) is 0 Å². The van der Waals surface area contributed by atoms with Gasteiger partial charge in [-0.3, -0.25) is 5.10 Å². The number of ether oxygens (including phenoxy) is 2. The molecule has 1 N–H and O–H groups in total. The lowest BCUT2D eigenvalue weighted by molar-refractivity contribution is -0.182. The molecule has 4 heteroatoms. The summed E-state index contributed by atoms with van der Waals surface area (Å²) in [6.45, 7) is 0. The summed E-state index contributed by atoms with van der Waals surface area (Å²) in [5.41, 5.74) is 2.83. The van der Waals surface area contributed by atoms with Gasteiger partial charge in [-0.2, -0.15) is 5.10 Å². The van der Waals surface area contributed by atoms with E-state index in [1.165, 1.54) is 0 Å². The predicted molar refractivity (Wildman–Crippen MR) is 77.3 cm³/mol. The molecular weight excluding hydrogens is 252 g/mol. The summed E-state index contributed by atoms with van der Waals surface area (Å²) in [4.78, 5) is 0.